The molecule has 0 unspecified atom stereocenters. The van der Waals surface area contributed by atoms with Crippen molar-refractivity contribution in [2.75, 3.05) is 0 Å². The zero-order chi connectivity index (χ0) is 16.5. The first-order valence-corrected chi connectivity index (χ1v) is 7.80. The molecule has 0 aliphatic rings. The van der Waals surface area contributed by atoms with Crippen molar-refractivity contribution >= 4 is 10.9 Å². The first-order chi connectivity index (χ1) is 11.7. The van der Waals surface area contributed by atoms with E-state index in [0.29, 0.717) is 0 Å². The number of pyridine rings is 1. The molecule has 4 rings (SSSR count). The largest absolute Gasteiger partial charge is 0.311 e. The van der Waals surface area contributed by atoms with Crippen LogP contribution in [0.5, 0.6) is 0 Å². The Labute approximate surface area is 139 Å². The lowest BCUT2D eigenvalue weighted by molar-refractivity contribution is 0.689. The van der Waals surface area contributed by atoms with Crippen LogP contribution in [0.3, 0.4) is 0 Å². The second kappa shape index (κ2) is 5.81. The molecule has 4 aromatic rings. The van der Waals surface area contributed by atoms with Gasteiger partial charge >= 0.3 is 0 Å². The van der Waals surface area contributed by atoms with Crippen LogP contribution in [-0.4, -0.2) is 14.3 Å². The monoisotopic (exact) mass is 314 g/mol. The zero-order valence-electron chi connectivity index (χ0n) is 13.3. The quantitative estimate of drug-likeness (QED) is 0.582. The van der Waals surface area contributed by atoms with Crippen molar-refractivity contribution in [2.24, 2.45) is 7.05 Å². The van der Waals surface area contributed by atoms with Gasteiger partial charge < -0.3 is 4.57 Å². The fourth-order valence-electron chi connectivity index (χ4n) is 2.85. The Hall–Kier alpha value is -3.14. The van der Waals surface area contributed by atoms with Crippen molar-refractivity contribution in [2.45, 2.75) is 6.54 Å². The van der Waals surface area contributed by atoms with Gasteiger partial charge in [0.05, 0.1) is 23.8 Å². The Bertz CT molecular complexity index is 1060. The number of hydrogen-bond donors (Lipinski definition) is 0. The minimum Gasteiger partial charge on any atom is -0.311 e. The summed E-state index contributed by atoms with van der Waals surface area (Å²) in [5, 5.41) is 5.64. The van der Waals surface area contributed by atoms with E-state index in [9.17, 15) is 4.79 Å². The lowest BCUT2D eigenvalue weighted by Crippen LogP contribution is -2.15. The molecule has 0 saturated heterocycles. The summed E-state index contributed by atoms with van der Waals surface area (Å²) in [7, 11) is 1.76. The minimum atomic E-state index is -0.123. The molecule has 0 aliphatic carbocycles. The molecule has 2 aromatic heterocycles. The van der Waals surface area contributed by atoms with Crippen LogP contribution < -0.4 is 5.56 Å². The second-order valence-electron chi connectivity index (χ2n) is 5.81. The first kappa shape index (κ1) is 14.5. The summed E-state index contributed by atoms with van der Waals surface area (Å²) in [5.74, 6) is 0. The van der Waals surface area contributed by atoms with Gasteiger partial charge in [0.2, 0.25) is 0 Å². The maximum Gasteiger partial charge on any atom is 0.258 e. The SMILES string of the molecule is Cn1c(=O)[c]cc2cc(-c3ccn(Cc4ccccc4)n3)ccc21. The minimum absolute atomic E-state index is 0.123. The van der Waals surface area contributed by atoms with Crippen LogP contribution in [0.25, 0.3) is 22.2 Å². The van der Waals surface area contributed by atoms with E-state index in [1.165, 1.54) is 5.56 Å². The number of fused-ring (bicyclic) bond motifs is 1. The number of aryl methyl sites for hydroxylation is 1. The second-order valence-corrected chi connectivity index (χ2v) is 5.81. The van der Waals surface area contributed by atoms with Crippen LogP contribution in [0, 0.1) is 6.07 Å². The van der Waals surface area contributed by atoms with E-state index in [4.69, 9.17) is 0 Å². The van der Waals surface area contributed by atoms with Gasteiger partial charge in [-0.1, -0.05) is 36.4 Å². The molecule has 0 bridgehead atoms. The third kappa shape index (κ3) is 2.63. The predicted molar refractivity (Wildman–Crippen MR) is 94.8 cm³/mol. The van der Waals surface area contributed by atoms with E-state index in [0.717, 1.165) is 28.7 Å². The van der Waals surface area contributed by atoms with Gasteiger partial charge in [-0.05, 0) is 35.2 Å². The van der Waals surface area contributed by atoms with Crippen molar-refractivity contribution in [1.29, 1.82) is 0 Å². The molecule has 24 heavy (non-hydrogen) atoms. The molecule has 1 radical (unpaired) electrons. The highest BCUT2D eigenvalue weighted by Gasteiger charge is 2.06. The summed E-state index contributed by atoms with van der Waals surface area (Å²) < 4.78 is 3.54. The Kier molecular flexibility index (Phi) is 3.50. The highest BCUT2D eigenvalue weighted by Crippen LogP contribution is 2.22. The van der Waals surface area contributed by atoms with Gasteiger partial charge in [0.1, 0.15) is 0 Å². The van der Waals surface area contributed by atoms with Crippen LogP contribution in [0.2, 0.25) is 0 Å². The van der Waals surface area contributed by atoms with Gasteiger partial charge in [0.25, 0.3) is 5.56 Å². The topological polar surface area (TPSA) is 39.8 Å². The Morgan fingerprint density at radius 2 is 1.92 bits per heavy atom. The van der Waals surface area contributed by atoms with Gasteiger partial charge in [0, 0.05) is 18.8 Å². The number of hydrogen-bond acceptors (Lipinski definition) is 2. The van der Waals surface area contributed by atoms with Crippen molar-refractivity contribution in [3.05, 3.63) is 88.8 Å². The molecular formula is C20H16N3O. The molecule has 4 nitrogen and oxygen atoms in total. The highest BCUT2D eigenvalue weighted by atomic mass is 16.1. The molecule has 0 N–H and O–H groups in total. The van der Waals surface area contributed by atoms with Gasteiger partial charge in [-0.15, -0.1) is 0 Å². The molecule has 4 heteroatoms. The summed E-state index contributed by atoms with van der Waals surface area (Å²) >= 11 is 0. The lowest BCUT2D eigenvalue weighted by atomic mass is 10.1. The van der Waals surface area contributed by atoms with E-state index in [1.54, 1.807) is 17.7 Å². The molecular weight excluding hydrogens is 298 g/mol. The standard InChI is InChI=1S/C20H16N3O/c1-22-19-9-7-16(13-17(19)8-10-20(22)24)18-11-12-23(21-18)14-15-5-3-2-4-6-15/h2-9,11-13H,14H2,1H3. The molecule has 117 valence electrons. The van der Waals surface area contributed by atoms with Crippen LogP contribution in [-0.2, 0) is 13.6 Å². The van der Waals surface area contributed by atoms with Gasteiger partial charge in [-0.25, -0.2) is 0 Å². The van der Waals surface area contributed by atoms with Crippen LogP contribution in [0.1, 0.15) is 5.56 Å². The Morgan fingerprint density at radius 1 is 1.08 bits per heavy atom. The zero-order valence-corrected chi connectivity index (χ0v) is 13.3. The fraction of sp³-hybridized carbons (Fsp3) is 0.100. The van der Waals surface area contributed by atoms with E-state index < -0.39 is 0 Å². The fourth-order valence-corrected chi connectivity index (χ4v) is 2.85. The van der Waals surface area contributed by atoms with Crippen molar-refractivity contribution in [1.82, 2.24) is 14.3 Å². The summed E-state index contributed by atoms with van der Waals surface area (Å²) in [6, 6.07) is 22.7. The Balaban J connectivity index is 1.68. The maximum absolute atomic E-state index is 11.7. The summed E-state index contributed by atoms with van der Waals surface area (Å²) in [6.45, 7) is 0.747. The summed E-state index contributed by atoms with van der Waals surface area (Å²) in [6.07, 6.45) is 1.99. The first-order valence-electron chi connectivity index (χ1n) is 7.80. The smallest absolute Gasteiger partial charge is 0.258 e. The lowest BCUT2D eigenvalue weighted by Gasteiger charge is -2.05. The van der Waals surface area contributed by atoms with Crippen LogP contribution in [0.4, 0.5) is 0 Å². The Morgan fingerprint density at radius 3 is 2.75 bits per heavy atom. The van der Waals surface area contributed by atoms with E-state index in [2.05, 4.69) is 23.3 Å². The van der Waals surface area contributed by atoms with Crippen molar-refractivity contribution in [3.63, 3.8) is 0 Å². The molecule has 0 atom stereocenters. The molecule has 0 spiro atoms. The molecule has 0 aliphatic heterocycles. The molecule has 0 amide bonds. The normalized spacial score (nSPS) is 11.0. The maximum atomic E-state index is 11.7. The van der Waals surface area contributed by atoms with Crippen molar-refractivity contribution < 1.29 is 0 Å². The number of aromatic nitrogens is 3. The molecule has 2 heterocycles. The van der Waals surface area contributed by atoms with Crippen LogP contribution in [0.15, 0.2) is 71.7 Å². The van der Waals surface area contributed by atoms with Gasteiger partial charge in [-0.3, -0.25) is 9.48 Å². The molecule has 2 aromatic carbocycles. The van der Waals surface area contributed by atoms with E-state index >= 15 is 0 Å². The predicted octanol–water partition coefficient (Wildman–Crippen LogP) is 3.25. The van der Waals surface area contributed by atoms with Crippen molar-refractivity contribution in [3.8, 4) is 11.3 Å². The summed E-state index contributed by atoms with van der Waals surface area (Å²) in [5.41, 5.74) is 3.94. The third-order valence-corrected chi connectivity index (χ3v) is 4.17. The third-order valence-electron chi connectivity index (χ3n) is 4.17. The van der Waals surface area contributed by atoms with E-state index in [-0.39, 0.29) is 5.56 Å². The molecule has 0 saturated carbocycles. The number of benzene rings is 2. The van der Waals surface area contributed by atoms with Crippen LogP contribution >= 0.6 is 0 Å². The van der Waals surface area contributed by atoms with Gasteiger partial charge in [-0.2, -0.15) is 5.10 Å². The molecule has 0 fully saturated rings. The number of rotatable bonds is 3. The highest BCUT2D eigenvalue weighted by molar-refractivity contribution is 5.83. The number of nitrogens with zero attached hydrogens (tertiary/aromatic N) is 3. The average Bonchev–Trinajstić information content (AvgIpc) is 3.07. The average molecular weight is 314 g/mol. The van der Waals surface area contributed by atoms with E-state index in [1.807, 2.05) is 53.3 Å². The summed E-state index contributed by atoms with van der Waals surface area (Å²) in [4.78, 5) is 11.7. The van der Waals surface area contributed by atoms with Gasteiger partial charge in [0.15, 0.2) is 0 Å².